The van der Waals surface area contributed by atoms with E-state index in [1.807, 2.05) is 37.3 Å². The fraction of sp³-hybridized carbons (Fsp3) is 0.261. The number of nitrogens with one attached hydrogen (secondary N) is 1. The fourth-order valence-corrected chi connectivity index (χ4v) is 3.26. The second kappa shape index (κ2) is 10.2. The van der Waals surface area contributed by atoms with E-state index in [4.69, 9.17) is 16.0 Å². The highest BCUT2D eigenvalue weighted by Crippen LogP contribution is 2.21. The van der Waals surface area contributed by atoms with Gasteiger partial charge in [0, 0.05) is 24.7 Å². The van der Waals surface area contributed by atoms with Crippen molar-refractivity contribution in [1.82, 2.24) is 10.2 Å². The molecule has 6 heteroatoms. The molecule has 29 heavy (non-hydrogen) atoms. The predicted molar refractivity (Wildman–Crippen MR) is 112 cm³/mol. The third-order valence-electron chi connectivity index (χ3n) is 4.45. The number of hydrogen-bond donors (Lipinski definition) is 1. The maximum Gasteiger partial charge on any atom is 0.286 e. The van der Waals surface area contributed by atoms with Gasteiger partial charge >= 0.3 is 0 Å². The van der Waals surface area contributed by atoms with E-state index in [-0.39, 0.29) is 17.5 Å². The molecule has 0 unspecified atom stereocenters. The van der Waals surface area contributed by atoms with E-state index >= 15 is 0 Å². The SMILES string of the molecule is CCCNC(=O)c1ccc(CN(Cc2cccc(F)c2)Cc2ccccc2Cl)o1. The van der Waals surface area contributed by atoms with Crippen LogP contribution in [0.15, 0.2) is 65.1 Å². The molecule has 152 valence electrons. The average Bonchev–Trinajstić information content (AvgIpc) is 3.16. The van der Waals surface area contributed by atoms with E-state index in [0.717, 1.165) is 17.5 Å². The molecular formula is C23H24ClFN2O2. The van der Waals surface area contributed by atoms with Gasteiger partial charge in [-0.05, 0) is 47.9 Å². The molecule has 0 aliphatic heterocycles. The predicted octanol–water partition coefficient (Wildman–Crippen LogP) is 5.41. The van der Waals surface area contributed by atoms with Gasteiger partial charge in [0.25, 0.3) is 5.91 Å². The van der Waals surface area contributed by atoms with Crippen molar-refractivity contribution >= 4 is 17.5 Å². The molecule has 4 nitrogen and oxygen atoms in total. The van der Waals surface area contributed by atoms with Crippen LogP contribution in [0.2, 0.25) is 5.02 Å². The van der Waals surface area contributed by atoms with Gasteiger partial charge in [0.1, 0.15) is 11.6 Å². The molecule has 0 atom stereocenters. The lowest BCUT2D eigenvalue weighted by atomic mass is 10.1. The first-order chi connectivity index (χ1) is 14.0. The minimum absolute atomic E-state index is 0.221. The first kappa shape index (κ1) is 21.1. The van der Waals surface area contributed by atoms with Crippen LogP contribution in [0.25, 0.3) is 0 Å². The van der Waals surface area contributed by atoms with Crippen LogP contribution >= 0.6 is 11.6 Å². The zero-order chi connectivity index (χ0) is 20.6. The van der Waals surface area contributed by atoms with Crippen LogP contribution in [0.5, 0.6) is 0 Å². The van der Waals surface area contributed by atoms with Crippen LogP contribution in [0.1, 0.15) is 40.8 Å². The average molecular weight is 415 g/mol. The first-order valence-electron chi connectivity index (χ1n) is 9.62. The Kier molecular flexibility index (Phi) is 7.44. The van der Waals surface area contributed by atoms with E-state index < -0.39 is 0 Å². The summed E-state index contributed by atoms with van der Waals surface area (Å²) in [6.45, 7) is 4.14. The Hall–Kier alpha value is -2.63. The summed E-state index contributed by atoms with van der Waals surface area (Å²) >= 11 is 6.33. The molecule has 0 aliphatic rings. The number of halogens is 2. The summed E-state index contributed by atoms with van der Waals surface area (Å²) in [6, 6.07) is 17.6. The molecule has 0 saturated carbocycles. The molecular weight excluding hydrogens is 391 g/mol. The minimum Gasteiger partial charge on any atom is -0.455 e. The second-order valence-electron chi connectivity index (χ2n) is 6.89. The Bertz CT molecular complexity index is 957. The third kappa shape index (κ3) is 6.17. The second-order valence-corrected chi connectivity index (χ2v) is 7.30. The summed E-state index contributed by atoms with van der Waals surface area (Å²) < 4.78 is 19.4. The number of carbonyl (C=O) groups excluding carboxylic acids is 1. The number of carbonyl (C=O) groups is 1. The van der Waals surface area contributed by atoms with Gasteiger partial charge in [0.15, 0.2) is 5.76 Å². The minimum atomic E-state index is -0.270. The van der Waals surface area contributed by atoms with Crippen molar-refractivity contribution in [2.75, 3.05) is 6.54 Å². The lowest BCUT2D eigenvalue weighted by Gasteiger charge is -2.22. The number of hydrogen-bond acceptors (Lipinski definition) is 3. The molecule has 2 aromatic carbocycles. The maximum absolute atomic E-state index is 13.6. The van der Waals surface area contributed by atoms with Gasteiger partial charge in [0.05, 0.1) is 6.54 Å². The molecule has 3 aromatic rings. The number of nitrogens with zero attached hydrogens (tertiary/aromatic N) is 1. The van der Waals surface area contributed by atoms with Gasteiger partial charge in [-0.3, -0.25) is 9.69 Å². The number of furan rings is 1. The molecule has 1 heterocycles. The Labute approximate surface area is 175 Å². The van der Waals surface area contributed by atoms with Crippen LogP contribution in [0, 0.1) is 5.82 Å². The van der Waals surface area contributed by atoms with Crippen molar-refractivity contribution in [3.8, 4) is 0 Å². The van der Waals surface area contributed by atoms with Gasteiger partial charge in [-0.1, -0.05) is 48.9 Å². The number of rotatable bonds is 9. The summed E-state index contributed by atoms with van der Waals surface area (Å²) in [6.07, 6.45) is 0.860. The zero-order valence-corrected chi connectivity index (χ0v) is 17.1. The fourth-order valence-electron chi connectivity index (χ4n) is 3.06. The van der Waals surface area contributed by atoms with E-state index in [1.165, 1.54) is 12.1 Å². The smallest absolute Gasteiger partial charge is 0.286 e. The molecule has 0 spiro atoms. The van der Waals surface area contributed by atoms with E-state index in [2.05, 4.69) is 10.2 Å². The van der Waals surface area contributed by atoms with E-state index in [0.29, 0.717) is 37.0 Å². The Balaban J connectivity index is 1.77. The van der Waals surface area contributed by atoms with Crippen molar-refractivity contribution in [2.45, 2.75) is 33.0 Å². The first-order valence-corrected chi connectivity index (χ1v) is 10.00. The van der Waals surface area contributed by atoms with E-state index in [1.54, 1.807) is 18.2 Å². The Morgan fingerprint density at radius 3 is 2.66 bits per heavy atom. The topological polar surface area (TPSA) is 45.5 Å². The van der Waals surface area contributed by atoms with Crippen LogP contribution < -0.4 is 5.32 Å². The lowest BCUT2D eigenvalue weighted by molar-refractivity contribution is 0.0921. The summed E-state index contributed by atoms with van der Waals surface area (Å²) in [4.78, 5) is 14.2. The molecule has 0 radical (unpaired) electrons. The summed E-state index contributed by atoms with van der Waals surface area (Å²) in [5, 5.41) is 3.48. The quantitative estimate of drug-likeness (QED) is 0.509. The Morgan fingerprint density at radius 2 is 1.90 bits per heavy atom. The van der Waals surface area contributed by atoms with Crippen LogP contribution in [-0.2, 0) is 19.6 Å². The molecule has 1 aromatic heterocycles. The van der Waals surface area contributed by atoms with Gasteiger partial charge in [0.2, 0.25) is 0 Å². The number of benzene rings is 2. The number of amides is 1. The molecule has 3 rings (SSSR count). The summed E-state index contributed by atoms with van der Waals surface area (Å²) in [7, 11) is 0. The third-order valence-corrected chi connectivity index (χ3v) is 4.82. The largest absolute Gasteiger partial charge is 0.455 e. The van der Waals surface area contributed by atoms with Crippen LogP contribution in [0.4, 0.5) is 4.39 Å². The van der Waals surface area contributed by atoms with Gasteiger partial charge in [-0.2, -0.15) is 0 Å². The van der Waals surface area contributed by atoms with Gasteiger partial charge in [-0.25, -0.2) is 4.39 Å². The molecule has 0 aliphatic carbocycles. The summed E-state index contributed by atoms with van der Waals surface area (Å²) in [5.74, 6) is 0.459. The van der Waals surface area contributed by atoms with Crippen molar-refractivity contribution in [1.29, 1.82) is 0 Å². The Morgan fingerprint density at radius 1 is 1.07 bits per heavy atom. The highest BCUT2D eigenvalue weighted by molar-refractivity contribution is 6.31. The standard InChI is InChI=1S/C23H24ClFN2O2/c1-2-12-26-23(28)22-11-10-20(29-22)16-27(14-17-6-5-8-19(25)13-17)15-18-7-3-4-9-21(18)24/h3-11,13H,2,12,14-16H2,1H3,(H,26,28). The van der Waals surface area contributed by atoms with Gasteiger partial charge in [-0.15, -0.1) is 0 Å². The highest BCUT2D eigenvalue weighted by Gasteiger charge is 2.15. The normalized spacial score (nSPS) is 11.0. The highest BCUT2D eigenvalue weighted by atomic mass is 35.5. The zero-order valence-electron chi connectivity index (χ0n) is 16.3. The van der Waals surface area contributed by atoms with Crippen LogP contribution in [-0.4, -0.2) is 17.4 Å². The van der Waals surface area contributed by atoms with E-state index in [9.17, 15) is 9.18 Å². The summed E-state index contributed by atoms with van der Waals surface area (Å²) in [5.41, 5.74) is 1.82. The van der Waals surface area contributed by atoms with Crippen molar-refractivity contribution < 1.29 is 13.6 Å². The van der Waals surface area contributed by atoms with Crippen molar-refractivity contribution in [3.63, 3.8) is 0 Å². The maximum atomic E-state index is 13.6. The van der Waals surface area contributed by atoms with Crippen molar-refractivity contribution in [2.24, 2.45) is 0 Å². The van der Waals surface area contributed by atoms with Crippen LogP contribution in [0.3, 0.4) is 0 Å². The lowest BCUT2D eigenvalue weighted by Crippen LogP contribution is -2.24. The molecule has 0 fully saturated rings. The molecule has 0 saturated heterocycles. The van der Waals surface area contributed by atoms with Gasteiger partial charge < -0.3 is 9.73 Å². The molecule has 1 amide bonds. The monoisotopic (exact) mass is 414 g/mol. The molecule has 1 N–H and O–H groups in total. The molecule has 0 bridgehead atoms. The van der Waals surface area contributed by atoms with Crippen molar-refractivity contribution in [3.05, 3.63) is 94.2 Å².